The quantitative estimate of drug-likeness (QED) is 0.910. The number of anilines is 1. The topological polar surface area (TPSA) is 58.2 Å². The van der Waals surface area contributed by atoms with Crippen molar-refractivity contribution in [3.63, 3.8) is 0 Å². The summed E-state index contributed by atoms with van der Waals surface area (Å²) in [5, 5.41) is 5.82. The standard InChI is InChI=1S/C18H18N2O2/c1-12-7-8-14(18(22)19-15-9-10-15)11-16(12)20-17(21)13-5-3-2-4-6-13/h2-8,11,15H,9-10H2,1H3,(H,19,22)(H,20,21). The van der Waals surface area contributed by atoms with Gasteiger partial charge >= 0.3 is 0 Å². The number of aryl methyl sites for hydroxylation is 1. The van der Waals surface area contributed by atoms with Crippen molar-refractivity contribution in [3.8, 4) is 0 Å². The van der Waals surface area contributed by atoms with Crippen LogP contribution in [0.1, 0.15) is 39.1 Å². The average molecular weight is 294 g/mol. The molecule has 0 aromatic heterocycles. The molecule has 4 heteroatoms. The van der Waals surface area contributed by atoms with Crippen LogP contribution in [0.3, 0.4) is 0 Å². The molecule has 0 radical (unpaired) electrons. The van der Waals surface area contributed by atoms with Gasteiger partial charge in [0.05, 0.1) is 0 Å². The molecule has 0 aliphatic heterocycles. The van der Waals surface area contributed by atoms with Gasteiger partial charge in [0.1, 0.15) is 0 Å². The second kappa shape index (κ2) is 6.02. The van der Waals surface area contributed by atoms with Crippen molar-refractivity contribution in [2.24, 2.45) is 0 Å². The molecule has 1 aliphatic carbocycles. The summed E-state index contributed by atoms with van der Waals surface area (Å²) >= 11 is 0. The minimum atomic E-state index is -0.177. The highest BCUT2D eigenvalue weighted by Gasteiger charge is 2.24. The molecule has 2 aromatic carbocycles. The summed E-state index contributed by atoms with van der Waals surface area (Å²) in [6.45, 7) is 1.91. The highest BCUT2D eigenvalue weighted by atomic mass is 16.2. The fourth-order valence-electron chi connectivity index (χ4n) is 2.18. The van der Waals surface area contributed by atoms with Crippen LogP contribution in [0, 0.1) is 6.92 Å². The largest absolute Gasteiger partial charge is 0.349 e. The maximum absolute atomic E-state index is 12.2. The van der Waals surface area contributed by atoms with Crippen molar-refractivity contribution in [1.82, 2.24) is 5.32 Å². The fraction of sp³-hybridized carbons (Fsp3) is 0.222. The smallest absolute Gasteiger partial charge is 0.255 e. The lowest BCUT2D eigenvalue weighted by Gasteiger charge is -2.11. The highest BCUT2D eigenvalue weighted by molar-refractivity contribution is 6.05. The summed E-state index contributed by atoms with van der Waals surface area (Å²) in [5.74, 6) is -0.263. The lowest BCUT2D eigenvalue weighted by atomic mass is 10.1. The molecule has 0 atom stereocenters. The Balaban J connectivity index is 1.77. The summed E-state index contributed by atoms with van der Waals surface area (Å²) in [4.78, 5) is 24.3. The zero-order chi connectivity index (χ0) is 15.5. The molecule has 22 heavy (non-hydrogen) atoms. The number of hydrogen-bond acceptors (Lipinski definition) is 2. The summed E-state index contributed by atoms with van der Waals surface area (Å²) in [6.07, 6.45) is 2.10. The second-order valence-electron chi connectivity index (χ2n) is 5.60. The Bertz CT molecular complexity index is 706. The van der Waals surface area contributed by atoms with Crippen LogP contribution in [-0.4, -0.2) is 17.9 Å². The van der Waals surface area contributed by atoms with Gasteiger partial charge in [-0.3, -0.25) is 9.59 Å². The van der Waals surface area contributed by atoms with E-state index in [1.807, 2.05) is 31.2 Å². The number of carbonyl (C=O) groups excluding carboxylic acids is 2. The van der Waals surface area contributed by atoms with E-state index in [1.54, 1.807) is 24.3 Å². The molecule has 0 bridgehead atoms. The van der Waals surface area contributed by atoms with E-state index in [0.29, 0.717) is 22.9 Å². The van der Waals surface area contributed by atoms with E-state index < -0.39 is 0 Å². The van der Waals surface area contributed by atoms with Gasteiger partial charge < -0.3 is 10.6 Å². The molecular weight excluding hydrogens is 276 g/mol. The number of rotatable bonds is 4. The first-order valence-corrected chi connectivity index (χ1v) is 7.41. The predicted molar refractivity (Wildman–Crippen MR) is 86.1 cm³/mol. The number of hydrogen-bond donors (Lipinski definition) is 2. The lowest BCUT2D eigenvalue weighted by molar-refractivity contribution is 0.0949. The number of nitrogens with one attached hydrogen (secondary N) is 2. The molecule has 4 nitrogen and oxygen atoms in total. The van der Waals surface area contributed by atoms with Crippen LogP contribution < -0.4 is 10.6 Å². The van der Waals surface area contributed by atoms with E-state index in [0.717, 1.165) is 18.4 Å². The van der Waals surface area contributed by atoms with Crippen molar-refractivity contribution < 1.29 is 9.59 Å². The van der Waals surface area contributed by atoms with Gasteiger partial charge in [-0.15, -0.1) is 0 Å². The van der Waals surface area contributed by atoms with Crippen LogP contribution in [0.25, 0.3) is 0 Å². The van der Waals surface area contributed by atoms with E-state index in [2.05, 4.69) is 10.6 Å². The molecule has 1 aliphatic rings. The van der Waals surface area contributed by atoms with E-state index in [1.165, 1.54) is 0 Å². The monoisotopic (exact) mass is 294 g/mol. The third-order valence-corrected chi connectivity index (χ3v) is 3.70. The van der Waals surface area contributed by atoms with Crippen molar-refractivity contribution in [3.05, 3.63) is 65.2 Å². The lowest BCUT2D eigenvalue weighted by Crippen LogP contribution is -2.25. The van der Waals surface area contributed by atoms with Gasteiger partial charge in [-0.2, -0.15) is 0 Å². The van der Waals surface area contributed by atoms with Crippen molar-refractivity contribution >= 4 is 17.5 Å². The van der Waals surface area contributed by atoms with Gasteiger partial charge in [-0.25, -0.2) is 0 Å². The number of amides is 2. The first kappa shape index (κ1) is 14.3. The Kier molecular flexibility index (Phi) is 3.92. The van der Waals surface area contributed by atoms with Crippen LogP contribution >= 0.6 is 0 Å². The molecule has 112 valence electrons. The molecule has 2 N–H and O–H groups in total. The summed E-state index contributed by atoms with van der Waals surface area (Å²) < 4.78 is 0. The van der Waals surface area contributed by atoms with E-state index in [9.17, 15) is 9.59 Å². The van der Waals surface area contributed by atoms with E-state index in [4.69, 9.17) is 0 Å². The number of benzene rings is 2. The zero-order valence-corrected chi connectivity index (χ0v) is 12.4. The number of carbonyl (C=O) groups is 2. The predicted octanol–water partition coefficient (Wildman–Crippen LogP) is 3.14. The Morgan fingerprint density at radius 2 is 1.68 bits per heavy atom. The minimum absolute atomic E-state index is 0.0855. The molecule has 0 spiro atoms. The molecular formula is C18H18N2O2. The SMILES string of the molecule is Cc1ccc(C(=O)NC2CC2)cc1NC(=O)c1ccccc1. The van der Waals surface area contributed by atoms with Gasteiger partial charge in [-0.1, -0.05) is 24.3 Å². The Morgan fingerprint density at radius 3 is 2.36 bits per heavy atom. The zero-order valence-electron chi connectivity index (χ0n) is 12.4. The Morgan fingerprint density at radius 1 is 0.955 bits per heavy atom. The summed E-state index contributed by atoms with van der Waals surface area (Å²) in [7, 11) is 0. The Hall–Kier alpha value is -2.62. The van der Waals surface area contributed by atoms with Crippen LogP contribution in [0.15, 0.2) is 48.5 Å². The van der Waals surface area contributed by atoms with Crippen LogP contribution in [0.5, 0.6) is 0 Å². The second-order valence-corrected chi connectivity index (χ2v) is 5.60. The van der Waals surface area contributed by atoms with Crippen LogP contribution in [0.4, 0.5) is 5.69 Å². The van der Waals surface area contributed by atoms with Crippen molar-refractivity contribution in [2.75, 3.05) is 5.32 Å². The molecule has 3 rings (SSSR count). The molecule has 0 heterocycles. The Labute approximate surface area is 129 Å². The van der Waals surface area contributed by atoms with Crippen molar-refractivity contribution in [2.45, 2.75) is 25.8 Å². The molecule has 1 saturated carbocycles. The third kappa shape index (κ3) is 3.34. The van der Waals surface area contributed by atoms with Crippen molar-refractivity contribution in [1.29, 1.82) is 0 Å². The van der Waals surface area contributed by atoms with Gasteiger partial charge in [0, 0.05) is 22.9 Å². The van der Waals surface area contributed by atoms with Gasteiger partial charge in [-0.05, 0) is 49.6 Å². The highest BCUT2D eigenvalue weighted by Crippen LogP contribution is 2.21. The van der Waals surface area contributed by atoms with Crippen LogP contribution in [0.2, 0.25) is 0 Å². The average Bonchev–Trinajstić information content (AvgIpc) is 3.34. The van der Waals surface area contributed by atoms with Gasteiger partial charge in [0.15, 0.2) is 0 Å². The van der Waals surface area contributed by atoms with E-state index >= 15 is 0 Å². The molecule has 0 unspecified atom stereocenters. The summed E-state index contributed by atoms with van der Waals surface area (Å²) in [6, 6.07) is 14.7. The first-order valence-electron chi connectivity index (χ1n) is 7.41. The third-order valence-electron chi connectivity index (χ3n) is 3.70. The minimum Gasteiger partial charge on any atom is -0.349 e. The molecule has 1 fully saturated rings. The van der Waals surface area contributed by atoms with Crippen LogP contribution in [-0.2, 0) is 0 Å². The van der Waals surface area contributed by atoms with Gasteiger partial charge in [0.2, 0.25) is 0 Å². The fourth-order valence-corrected chi connectivity index (χ4v) is 2.18. The van der Waals surface area contributed by atoms with E-state index in [-0.39, 0.29) is 11.8 Å². The first-order chi connectivity index (χ1) is 10.6. The molecule has 0 saturated heterocycles. The normalized spacial score (nSPS) is 13.5. The molecule has 2 amide bonds. The maximum Gasteiger partial charge on any atom is 0.255 e. The van der Waals surface area contributed by atoms with Gasteiger partial charge in [0.25, 0.3) is 11.8 Å². The molecule has 2 aromatic rings. The maximum atomic E-state index is 12.2. The summed E-state index contributed by atoms with van der Waals surface area (Å²) in [5.41, 5.74) is 2.75.